The second kappa shape index (κ2) is 5.24. The molecule has 3 unspecified atom stereocenters. The Balaban J connectivity index is 4.12. The zero-order valence-electron chi connectivity index (χ0n) is 7.77. The highest BCUT2D eigenvalue weighted by molar-refractivity contribution is 5.56. The fourth-order valence-corrected chi connectivity index (χ4v) is 1.10. The van der Waals surface area contributed by atoms with Gasteiger partial charge < -0.3 is 19.9 Å². The van der Waals surface area contributed by atoms with Crippen LogP contribution in [0.25, 0.3) is 0 Å². The van der Waals surface area contributed by atoms with Crippen LogP contribution in [0.4, 0.5) is 0 Å². The summed E-state index contributed by atoms with van der Waals surface area (Å²) in [6.07, 6.45) is -0.637. The maximum atomic E-state index is 10.3. The molecule has 0 saturated heterocycles. The van der Waals surface area contributed by atoms with E-state index in [-0.39, 0.29) is 6.04 Å². The van der Waals surface area contributed by atoms with Crippen LogP contribution in [-0.4, -0.2) is 53.7 Å². The Morgan fingerprint density at radius 1 is 1.42 bits per heavy atom. The van der Waals surface area contributed by atoms with E-state index >= 15 is 0 Å². The van der Waals surface area contributed by atoms with Crippen LogP contribution in [0.3, 0.4) is 0 Å². The molecule has 2 N–H and O–H groups in total. The Morgan fingerprint density at radius 3 is 2.17 bits per heavy atom. The molecule has 0 aliphatic heterocycles. The molecule has 0 spiro atoms. The van der Waals surface area contributed by atoms with Crippen LogP contribution in [0, 0.1) is 0 Å². The Morgan fingerprint density at radius 2 is 1.92 bits per heavy atom. The second-order valence-corrected chi connectivity index (χ2v) is 3.24. The van der Waals surface area contributed by atoms with Gasteiger partial charge in [0.2, 0.25) is 0 Å². The van der Waals surface area contributed by atoms with E-state index in [9.17, 15) is 9.90 Å². The van der Waals surface area contributed by atoms with E-state index in [1.807, 2.05) is 0 Å². The molecule has 4 nitrogen and oxygen atoms in total. The summed E-state index contributed by atoms with van der Waals surface area (Å²) in [7, 11) is 3.53. The average molecular weight is 175 g/mol. The summed E-state index contributed by atoms with van der Waals surface area (Å²) in [6.45, 7) is 1.63. The van der Waals surface area contributed by atoms with Gasteiger partial charge >= 0.3 is 0 Å². The van der Waals surface area contributed by atoms with Crippen molar-refractivity contribution in [2.24, 2.45) is 0 Å². The molecular weight excluding hydrogens is 158 g/mol. The zero-order chi connectivity index (χ0) is 9.72. The molecular formula is C8H17NO3. The first kappa shape index (κ1) is 11.6. The summed E-state index contributed by atoms with van der Waals surface area (Å²) in [4.78, 5) is 12.0. The van der Waals surface area contributed by atoms with Gasteiger partial charge in [-0.1, -0.05) is 0 Å². The van der Waals surface area contributed by atoms with Gasteiger partial charge in [0.05, 0.1) is 6.10 Å². The number of hydrogen-bond acceptors (Lipinski definition) is 4. The van der Waals surface area contributed by atoms with Crippen LogP contribution in [0.5, 0.6) is 0 Å². The Labute approximate surface area is 72.8 Å². The molecule has 3 atom stereocenters. The fraction of sp³-hybridized carbons (Fsp3) is 0.875. The monoisotopic (exact) mass is 175 g/mol. The first-order valence-electron chi connectivity index (χ1n) is 3.97. The molecule has 0 aromatic carbocycles. The largest absolute Gasteiger partial charge is 0.393 e. The molecule has 0 radical (unpaired) electrons. The third-order valence-corrected chi connectivity index (χ3v) is 1.78. The normalized spacial score (nSPS) is 18.8. The smallest absolute Gasteiger partial charge is 0.150 e. The second-order valence-electron chi connectivity index (χ2n) is 3.24. The Kier molecular flexibility index (Phi) is 5.04. The van der Waals surface area contributed by atoms with Crippen molar-refractivity contribution >= 4 is 6.29 Å². The number of carbonyl (C=O) groups is 1. The minimum absolute atomic E-state index is 0.303. The van der Waals surface area contributed by atoms with Crippen LogP contribution in [-0.2, 0) is 4.79 Å². The highest BCUT2D eigenvalue weighted by atomic mass is 16.3. The van der Waals surface area contributed by atoms with E-state index in [0.29, 0.717) is 12.7 Å². The number of nitrogens with zero attached hydrogens (tertiary/aromatic N) is 1. The van der Waals surface area contributed by atoms with Crippen molar-refractivity contribution in [3.63, 3.8) is 0 Å². The lowest BCUT2D eigenvalue weighted by molar-refractivity contribution is -0.118. The number of hydrogen-bond donors (Lipinski definition) is 2. The number of aliphatic hydroxyl groups excluding tert-OH is 2. The summed E-state index contributed by atoms with van der Waals surface area (Å²) >= 11 is 0. The molecule has 0 heterocycles. The molecule has 4 heteroatoms. The minimum Gasteiger partial charge on any atom is -0.393 e. The molecule has 0 aromatic heterocycles. The third-order valence-electron chi connectivity index (χ3n) is 1.78. The van der Waals surface area contributed by atoms with Gasteiger partial charge in [0, 0.05) is 6.04 Å². The number of aliphatic hydroxyl groups is 2. The van der Waals surface area contributed by atoms with Gasteiger partial charge in [0.25, 0.3) is 0 Å². The van der Waals surface area contributed by atoms with Crippen LogP contribution < -0.4 is 0 Å². The SMILES string of the molecule is CC(O)CC(C(O)C=O)N(C)C. The number of rotatable bonds is 5. The summed E-state index contributed by atoms with van der Waals surface area (Å²) in [5.41, 5.74) is 0. The van der Waals surface area contributed by atoms with Crippen molar-refractivity contribution in [2.75, 3.05) is 14.1 Å². The van der Waals surface area contributed by atoms with Gasteiger partial charge in [-0.15, -0.1) is 0 Å². The predicted molar refractivity (Wildman–Crippen MR) is 45.8 cm³/mol. The van der Waals surface area contributed by atoms with E-state index in [1.165, 1.54) is 0 Å². The highest BCUT2D eigenvalue weighted by Gasteiger charge is 2.21. The molecule has 0 fully saturated rings. The van der Waals surface area contributed by atoms with E-state index in [0.717, 1.165) is 0 Å². The number of likely N-dealkylation sites (N-methyl/N-ethyl adjacent to an activating group) is 1. The van der Waals surface area contributed by atoms with Gasteiger partial charge in [-0.25, -0.2) is 0 Å². The predicted octanol–water partition coefficient (Wildman–Crippen LogP) is -0.753. The van der Waals surface area contributed by atoms with Crippen molar-refractivity contribution in [2.45, 2.75) is 31.6 Å². The topological polar surface area (TPSA) is 60.8 Å². The number of aldehydes is 1. The quantitative estimate of drug-likeness (QED) is 0.540. The van der Waals surface area contributed by atoms with Gasteiger partial charge in [-0.2, -0.15) is 0 Å². The highest BCUT2D eigenvalue weighted by Crippen LogP contribution is 2.07. The van der Waals surface area contributed by atoms with Crippen molar-refractivity contribution < 1.29 is 15.0 Å². The average Bonchev–Trinajstić information content (AvgIpc) is 1.98. The van der Waals surface area contributed by atoms with E-state index in [2.05, 4.69) is 0 Å². The molecule has 0 saturated carbocycles. The van der Waals surface area contributed by atoms with Crippen molar-refractivity contribution in [1.82, 2.24) is 4.90 Å². The molecule has 72 valence electrons. The van der Waals surface area contributed by atoms with Crippen LogP contribution >= 0.6 is 0 Å². The molecule has 0 aromatic rings. The molecule has 0 rings (SSSR count). The van der Waals surface area contributed by atoms with E-state index < -0.39 is 12.2 Å². The van der Waals surface area contributed by atoms with Crippen LogP contribution in [0.15, 0.2) is 0 Å². The number of carbonyl (C=O) groups excluding carboxylic acids is 1. The van der Waals surface area contributed by atoms with E-state index in [4.69, 9.17) is 5.11 Å². The summed E-state index contributed by atoms with van der Waals surface area (Å²) in [6, 6.07) is -0.303. The molecule has 0 aliphatic rings. The first-order chi connectivity index (χ1) is 5.49. The van der Waals surface area contributed by atoms with Gasteiger partial charge in [0.15, 0.2) is 0 Å². The fourth-order valence-electron chi connectivity index (χ4n) is 1.10. The maximum Gasteiger partial charge on any atom is 0.150 e. The Bertz CT molecular complexity index is 136. The first-order valence-corrected chi connectivity index (χ1v) is 3.97. The minimum atomic E-state index is -1.02. The summed E-state index contributed by atoms with van der Waals surface area (Å²) < 4.78 is 0. The lowest BCUT2D eigenvalue weighted by Crippen LogP contribution is -2.41. The molecule has 12 heavy (non-hydrogen) atoms. The van der Waals surface area contributed by atoms with Crippen LogP contribution in [0.1, 0.15) is 13.3 Å². The lowest BCUT2D eigenvalue weighted by atomic mass is 10.0. The molecule has 0 amide bonds. The van der Waals surface area contributed by atoms with Crippen molar-refractivity contribution in [3.05, 3.63) is 0 Å². The van der Waals surface area contributed by atoms with Gasteiger partial charge in [-0.3, -0.25) is 0 Å². The van der Waals surface area contributed by atoms with Crippen LogP contribution in [0.2, 0.25) is 0 Å². The molecule has 0 aliphatic carbocycles. The lowest BCUT2D eigenvalue weighted by Gasteiger charge is -2.26. The van der Waals surface area contributed by atoms with Gasteiger partial charge in [-0.05, 0) is 27.4 Å². The molecule has 0 bridgehead atoms. The van der Waals surface area contributed by atoms with Crippen molar-refractivity contribution in [3.8, 4) is 0 Å². The Hall–Kier alpha value is -0.450. The van der Waals surface area contributed by atoms with Crippen molar-refractivity contribution in [1.29, 1.82) is 0 Å². The maximum absolute atomic E-state index is 10.3. The third kappa shape index (κ3) is 3.80. The van der Waals surface area contributed by atoms with Gasteiger partial charge in [0.1, 0.15) is 12.4 Å². The standard InChI is InChI=1S/C8H17NO3/c1-6(11)4-7(9(2)3)8(12)5-10/h5-8,11-12H,4H2,1-3H3. The summed E-state index contributed by atoms with van der Waals surface area (Å²) in [5.74, 6) is 0. The zero-order valence-corrected chi connectivity index (χ0v) is 7.77. The van der Waals surface area contributed by atoms with E-state index in [1.54, 1.807) is 25.9 Å². The summed E-state index contributed by atoms with van der Waals surface area (Å²) in [5, 5.41) is 18.3.